The van der Waals surface area contributed by atoms with Crippen LogP contribution in [0.2, 0.25) is 0 Å². The molecule has 4 nitrogen and oxygen atoms in total. The van der Waals surface area contributed by atoms with E-state index < -0.39 is 9.89 Å². The molecule has 0 radical (unpaired) electrons. The van der Waals surface area contributed by atoms with Crippen LogP contribution < -0.4 is 4.90 Å². The van der Waals surface area contributed by atoms with E-state index >= 15 is 0 Å². The molecule has 0 atom stereocenters. The number of fused-ring (bicyclic) bond motifs is 2. The Bertz CT molecular complexity index is 844. The van der Waals surface area contributed by atoms with Gasteiger partial charge in [0.15, 0.2) is 0 Å². The van der Waals surface area contributed by atoms with E-state index in [9.17, 15) is 4.79 Å². The third-order valence-corrected chi connectivity index (χ3v) is 6.22. The maximum atomic E-state index is 12.3. The second-order valence-electron chi connectivity index (χ2n) is 7.65. The molecule has 2 heterocycles. The smallest absolute Gasteiger partial charge is 0.409 e. The number of hydrogen-bond donors (Lipinski definition) is 0. The van der Waals surface area contributed by atoms with E-state index in [0.29, 0.717) is 24.9 Å². The van der Waals surface area contributed by atoms with Crippen LogP contribution in [0.1, 0.15) is 29.9 Å². The number of rotatable bonds is 2. The number of anilines is 2. The van der Waals surface area contributed by atoms with Gasteiger partial charge in [0, 0.05) is 37.4 Å². The Kier molecular flexibility index (Phi) is 5.87. The molecule has 7 heteroatoms. The zero-order valence-corrected chi connectivity index (χ0v) is 18.4. The third-order valence-electron chi connectivity index (χ3n) is 5.89. The minimum Gasteiger partial charge on any atom is -0.445 e. The van der Waals surface area contributed by atoms with Gasteiger partial charge in [0.1, 0.15) is 6.61 Å². The fraction of sp³-hybridized carbons (Fsp3) is 0.409. The van der Waals surface area contributed by atoms with Crippen LogP contribution in [0.3, 0.4) is 0 Å². The van der Waals surface area contributed by atoms with Gasteiger partial charge < -0.3 is 14.5 Å². The molecule has 0 aliphatic carbocycles. The number of para-hydroxylation sites is 2. The number of piperidine rings is 1. The summed E-state index contributed by atoms with van der Waals surface area (Å²) in [6, 6.07) is 17.2. The van der Waals surface area contributed by atoms with E-state index in [4.69, 9.17) is 39.5 Å². The quantitative estimate of drug-likeness (QED) is 0.514. The van der Waals surface area contributed by atoms with Gasteiger partial charge in [0.05, 0.1) is 0 Å². The number of carbonyl (C=O) groups is 1. The number of amides is 1. The van der Waals surface area contributed by atoms with Gasteiger partial charge in [-0.1, -0.05) is 71.2 Å². The van der Waals surface area contributed by atoms with Gasteiger partial charge in [-0.05, 0) is 42.0 Å². The molecular weight excluding hydrogens is 431 g/mol. The van der Waals surface area contributed by atoms with Crippen LogP contribution in [0.4, 0.5) is 16.2 Å². The highest BCUT2D eigenvalue weighted by Crippen LogP contribution is 2.49. The van der Waals surface area contributed by atoms with E-state index in [2.05, 4.69) is 60.5 Å². The van der Waals surface area contributed by atoms with Crippen LogP contribution in [-0.2, 0) is 4.74 Å². The lowest BCUT2D eigenvalue weighted by Gasteiger charge is -2.41. The number of benzene rings is 2. The average molecular weight is 454 g/mol. The molecule has 0 unspecified atom stereocenters. The molecule has 2 aliphatic rings. The Balaban J connectivity index is 1.52. The normalized spacial score (nSPS) is 17.7. The van der Waals surface area contributed by atoms with Crippen molar-refractivity contribution in [3.05, 3.63) is 59.7 Å². The molecule has 29 heavy (non-hydrogen) atoms. The number of halogens is 3. The SMILES string of the molecule is CN1c2ccccc2C(C2CCN(C(=O)OCC(Cl)(Cl)Cl)CC2)c2ccccc21. The Morgan fingerprint density at radius 2 is 1.52 bits per heavy atom. The van der Waals surface area contributed by atoms with Gasteiger partial charge in [-0.15, -0.1) is 0 Å². The first-order valence-corrected chi connectivity index (χ1v) is 10.9. The van der Waals surface area contributed by atoms with Crippen molar-refractivity contribution in [3.63, 3.8) is 0 Å². The van der Waals surface area contributed by atoms with Crippen molar-refractivity contribution in [2.45, 2.75) is 22.6 Å². The van der Waals surface area contributed by atoms with E-state index in [0.717, 1.165) is 12.8 Å². The molecule has 0 aromatic heterocycles. The summed E-state index contributed by atoms with van der Waals surface area (Å²) >= 11 is 17.0. The van der Waals surface area contributed by atoms with Crippen LogP contribution in [0.25, 0.3) is 0 Å². The molecular formula is C22H23Cl3N2O2. The summed E-state index contributed by atoms with van der Waals surface area (Å²) in [5.41, 5.74) is 5.21. The number of alkyl halides is 3. The molecule has 154 valence electrons. The lowest BCUT2D eigenvalue weighted by Crippen LogP contribution is -2.41. The summed E-state index contributed by atoms with van der Waals surface area (Å²) in [7, 11) is 2.12. The van der Waals surface area contributed by atoms with Gasteiger partial charge in [-0.2, -0.15) is 0 Å². The van der Waals surface area contributed by atoms with Gasteiger partial charge in [0.25, 0.3) is 0 Å². The molecule has 2 aliphatic heterocycles. The van der Waals surface area contributed by atoms with Crippen molar-refractivity contribution < 1.29 is 9.53 Å². The molecule has 0 bridgehead atoms. The molecule has 1 saturated heterocycles. The summed E-state index contributed by atoms with van der Waals surface area (Å²) in [4.78, 5) is 16.3. The second kappa shape index (κ2) is 8.25. The standard InChI is InChI=1S/C22H23Cl3N2O2/c1-26-18-8-4-2-6-16(18)20(17-7-3-5-9-19(17)26)15-10-12-27(13-11-15)21(28)29-14-22(23,24)25/h2-9,15,20H,10-14H2,1H3. The molecule has 2 aromatic rings. The lowest BCUT2D eigenvalue weighted by atomic mass is 9.73. The van der Waals surface area contributed by atoms with Gasteiger partial charge in [0.2, 0.25) is 3.79 Å². The Labute approximate surface area is 186 Å². The molecule has 4 rings (SSSR count). The van der Waals surface area contributed by atoms with Crippen molar-refractivity contribution in [1.29, 1.82) is 0 Å². The zero-order valence-electron chi connectivity index (χ0n) is 16.2. The first-order chi connectivity index (χ1) is 13.8. The van der Waals surface area contributed by atoms with Gasteiger partial charge in [-0.3, -0.25) is 0 Å². The first-order valence-electron chi connectivity index (χ1n) is 9.75. The minimum atomic E-state index is -1.59. The molecule has 1 amide bonds. The van der Waals surface area contributed by atoms with Crippen LogP contribution in [0.15, 0.2) is 48.5 Å². The largest absolute Gasteiger partial charge is 0.445 e. The number of ether oxygens (including phenoxy) is 1. The maximum Gasteiger partial charge on any atom is 0.409 e. The summed E-state index contributed by atoms with van der Waals surface area (Å²) in [5, 5.41) is 0. The molecule has 0 saturated carbocycles. The summed E-state index contributed by atoms with van der Waals surface area (Å²) in [6.45, 7) is 1.03. The number of hydrogen-bond acceptors (Lipinski definition) is 3. The molecule has 0 spiro atoms. The van der Waals surface area contributed by atoms with Crippen LogP contribution in [-0.4, -0.2) is 41.5 Å². The highest BCUT2D eigenvalue weighted by atomic mass is 35.6. The Hall–Kier alpha value is -1.62. The van der Waals surface area contributed by atoms with Crippen molar-refractivity contribution in [3.8, 4) is 0 Å². The summed E-state index contributed by atoms with van der Waals surface area (Å²) in [6.07, 6.45) is 1.39. The van der Waals surface area contributed by atoms with Gasteiger partial charge >= 0.3 is 6.09 Å². The topological polar surface area (TPSA) is 32.8 Å². The predicted octanol–water partition coefficient (Wildman–Crippen LogP) is 6.12. The van der Waals surface area contributed by atoms with E-state index in [1.165, 1.54) is 22.5 Å². The van der Waals surface area contributed by atoms with E-state index in [-0.39, 0.29) is 6.61 Å². The maximum absolute atomic E-state index is 12.3. The highest BCUT2D eigenvalue weighted by Gasteiger charge is 2.36. The van der Waals surface area contributed by atoms with Crippen LogP contribution in [0, 0.1) is 5.92 Å². The fourth-order valence-electron chi connectivity index (χ4n) is 4.57. The number of nitrogens with zero attached hydrogens (tertiary/aromatic N) is 2. The average Bonchev–Trinajstić information content (AvgIpc) is 2.72. The van der Waals surface area contributed by atoms with Crippen molar-refractivity contribution in [2.75, 3.05) is 31.6 Å². The highest BCUT2D eigenvalue weighted by molar-refractivity contribution is 6.67. The molecule has 2 aromatic carbocycles. The minimum absolute atomic E-state index is 0.244. The second-order valence-corrected chi connectivity index (χ2v) is 10.2. The number of carbonyl (C=O) groups excluding carboxylic acids is 1. The van der Waals surface area contributed by atoms with Crippen molar-refractivity contribution >= 4 is 52.3 Å². The molecule has 0 N–H and O–H groups in total. The van der Waals surface area contributed by atoms with Crippen molar-refractivity contribution in [2.24, 2.45) is 5.92 Å². The number of likely N-dealkylation sites (tertiary alicyclic amines) is 1. The van der Waals surface area contributed by atoms with E-state index in [1.54, 1.807) is 4.90 Å². The first kappa shape index (κ1) is 20.6. The zero-order chi connectivity index (χ0) is 20.6. The summed E-state index contributed by atoms with van der Waals surface area (Å²) < 4.78 is 3.55. The van der Waals surface area contributed by atoms with E-state index in [1.807, 2.05) is 0 Å². The Morgan fingerprint density at radius 3 is 2.03 bits per heavy atom. The third kappa shape index (κ3) is 4.30. The Morgan fingerprint density at radius 1 is 1.00 bits per heavy atom. The lowest BCUT2D eigenvalue weighted by molar-refractivity contribution is 0.0875. The fourth-order valence-corrected chi connectivity index (χ4v) is 4.73. The molecule has 1 fully saturated rings. The van der Waals surface area contributed by atoms with Gasteiger partial charge in [-0.25, -0.2) is 4.79 Å². The van der Waals surface area contributed by atoms with Crippen LogP contribution in [0.5, 0.6) is 0 Å². The predicted molar refractivity (Wildman–Crippen MR) is 119 cm³/mol. The van der Waals surface area contributed by atoms with Crippen molar-refractivity contribution in [1.82, 2.24) is 4.90 Å². The monoisotopic (exact) mass is 452 g/mol. The summed E-state index contributed by atoms with van der Waals surface area (Å²) in [5.74, 6) is 0.765. The van der Waals surface area contributed by atoms with Crippen LogP contribution >= 0.6 is 34.8 Å².